The maximum absolute atomic E-state index is 13.3. The Kier molecular flexibility index (Phi) is 8.63. The van der Waals surface area contributed by atoms with Crippen molar-refractivity contribution in [1.82, 2.24) is 25.0 Å². The highest BCUT2D eigenvalue weighted by Gasteiger charge is 2.30. The summed E-state index contributed by atoms with van der Waals surface area (Å²) in [7, 11) is 0. The minimum Gasteiger partial charge on any atom is -0.379 e. The first kappa shape index (κ1) is 26.0. The summed E-state index contributed by atoms with van der Waals surface area (Å²) in [5, 5.41) is 4.79. The Balaban J connectivity index is 1.12. The molecule has 9 nitrogen and oxygen atoms in total. The molecule has 37 heavy (non-hydrogen) atoms. The molecular weight excluding hydrogens is 492 g/mol. The zero-order valence-corrected chi connectivity index (χ0v) is 22.2. The number of benzene rings is 1. The molecule has 1 N–H and O–H groups in total. The largest absolute Gasteiger partial charge is 0.379 e. The lowest BCUT2D eigenvalue weighted by atomic mass is 10.1. The normalized spacial score (nSPS) is 21.8. The minimum absolute atomic E-state index is 0.0633. The number of nitrogens with zero attached hydrogens (tertiary/aromatic N) is 5. The molecular formula is C27H37ClN6O3. The number of rotatable bonds is 6. The number of morpholine rings is 1. The van der Waals surface area contributed by atoms with Crippen LogP contribution in [0.2, 0.25) is 5.02 Å². The van der Waals surface area contributed by atoms with Gasteiger partial charge in [0.1, 0.15) is 6.04 Å². The molecule has 1 aromatic carbocycles. The number of likely N-dealkylation sites (tertiary alicyclic amines) is 1. The van der Waals surface area contributed by atoms with Gasteiger partial charge >= 0.3 is 6.03 Å². The molecule has 0 spiro atoms. The standard InChI is InChI=1S/C27H37ClN6O3/c28-21-5-6-22-24(20-21)29-8-7-25(22)32-12-14-34(15-13-32)27(36)30-23-4-1-2-10-33(26(23)35)11-3-9-31-16-18-37-19-17-31/h5-8,20,23H,1-4,9-19H2,(H,30,36)/t23-/m0/s1. The van der Waals surface area contributed by atoms with E-state index >= 15 is 0 Å². The number of pyridine rings is 1. The zero-order chi connectivity index (χ0) is 25.6. The summed E-state index contributed by atoms with van der Waals surface area (Å²) in [4.78, 5) is 39.3. The summed E-state index contributed by atoms with van der Waals surface area (Å²) in [6, 6.07) is 7.20. The highest BCUT2D eigenvalue weighted by Crippen LogP contribution is 2.28. The van der Waals surface area contributed by atoms with Gasteiger partial charge < -0.3 is 24.8 Å². The number of piperazine rings is 1. The highest BCUT2D eigenvalue weighted by molar-refractivity contribution is 6.31. The average molecular weight is 529 g/mol. The zero-order valence-electron chi connectivity index (χ0n) is 21.4. The Morgan fingerprint density at radius 2 is 1.84 bits per heavy atom. The van der Waals surface area contributed by atoms with E-state index in [9.17, 15) is 9.59 Å². The molecule has 0 bridgehead atoms. The Morgan fingerprint density at radius 1 is 1.03 bits per heavy atom. The van der Waals surface area contributed by atoms with Gasteiger partial charge in [0.2, 0.25) is 5.91 Å². The fraction of sp³-hybridized carbons (Fsp3) is 0.593. The Hall–Kier alpha value is -2.62. The van der Waals surface area contributed by atoms with Crippen molar-refractivity contribution in [2.24, 2.45) is 0 Å². The molecule has 5 rings (SSSR count). The second-order valence-corrected chi connectivity index (χ2v) is 10.5. The minimum atomic E-state index is -0.440. The van der Waals surface area contributed by atoms with Crippen LogP contribution in [-0.4, -0.2) is 110 Å². The van der Waals surface area contributed by atoms with Crippen molar-refractivity contribution in [3.8, 4) is 0 Å². The summed E-state index contributed by atoms with van der Waals surface area (Å²) < 4.78 is 5.42. The van der Waals surface area contributed by atoms with Crippen molar-refractivity contribution in [1.29, 1.82) is 0 Å². The molecule has 4 heterocycles. The molecule has 1 atom stereocenters. The molecule has 3 saturated heterocycles. The smallest absolute Gasteiger partial charge is 0.318 e. The van der Waals surface area contributed by atoms with Crippen molar-refractivity contribution in [3.63, 3.8) is 0 Å². The van der Waals surface area contributed by atoms with Gasteiger partial charge in [-0.1, -0.05) is 11.6 Å². The van der Waals surface area contributed by atoms with Gasteiger partial charge in [-0.15, -0.1) is 0 Å². The number of hydrogen-bond acceptors (Lipinski definition) is 6. The van der Waals surface area contributed by atoms with Crippen molar-refractivity contribution in [2.75, 3.05) is 77.0 Å². The quantitative estimate of drug-likeness (QED) is 0.621. The number of aromatic nitrogens is 1. The maximum atomic E-state index is 13.3. The lowest BCUT2D eigenvalue weighted by Gasteiger charge is -2.37. The predicted molar refractivity (Wildman–Crippen MR) is 145 cm³/mol. The second kappa shape index (κ2) is 12.3. The third kappa shape index (κ3) is 6.45. The van der Waals surface area contributed by atoms with Gasteiger partial charge in [0.15, 0.2) is 0 Å². The first-order valence-corrected chi connectivity index (χ1v) is 13.9. The van der Waals surface area contributed by atoms with Crippen molar-refractivity contribution in [2.45, 2.75) is 31.7 Å². The molecule has 0 radical (unpaired) electrons. The summed E-state index contributed by atoms with van der Waals surface area (Å²) in [6.45, 7) is 8.66. The van der Waals surface area contributed by atoms with Crippen LogP contribution in [0.5, 0.6) is 0 Å². The van der Waals surface area contributed by atoms with E-state index in [1.165, 1.54) is 0 Å². The predicted octanol–water partition coefficient (Wildman–Crippen LogP) is 2.82. The molecule has 2 aromatic rings. The first-order chi connectivity index (χ1) is 18.1. The summed E-state index contributed by atoms with van der Waals surface area (Å²) in [5.41, 5.74) is 1.97. The van der Waals surface area contributed by atoms with Crippen molar-refractivity contribution >= 4 is 40.1 Å². The molecule has 0 aliphatic carbocycles. The van der Waals surface area contributed by atoms with Crippen molar-refractivity contribution in [3.05, 3.63) is 35.5 Å². The molecule has 0 unspecified atom stereocenters. The summed E-state index contributed by atoms with van der Waals surface area (Å²) in [6.07, 6.45) is 5.39. The lowest BCUT2D eigenvalue weighted by Crippen LogP contribution is -2.56. The van der Waals surface area contributed by atoms with Gasteiger partial charge in [0.05, 0.1) is 18.7 Å². The number of fused-ring (bicyclic) bond motifs is 1. The Labute approximate surface area is 223 Å². The van der Waals surface area contributed by atoms with Gasteiger partial charge in [-0.05, 0) is 49.9 Å². The van der Waals surface area contributed by atoms with E-state index in [1.54, 1.807) is 6.20 Å². The van der Waals surface area contributed by atoms with E-state index in [1.807, 2.05) is 34.1 Å². The third-order valence-electron chi connectivity index (χ3n) is 7.67. The molecule has 3 aliphatic heterocycles. The molecule has 10 heteroatoms. The fourth-order valence-electron chi connectivity index (χ4n) is 5.54. The number of halogens is 1. The van der Waals surface area contributed by atoms with Crippen LogP contribution in [0.3, 0.4) is 0 Å². The van der Waals surface area contributed by atoms with Crippen LogP contribution in [0.1, 0.15) is 25.7 Å². The Bertz CT molecular complexity index is 1090. The van der Waals surface area contributed by atoms with Gasteiger partial charge in [-0.3, -0.25) is 14.7 Å². The first-order valence-electron chi connectivity index (χ1n) is 13.5. The van der Waals surface area contributed by atoms with Gasteiger partial charge in [-0.25, -0.2) is 4.79 Å². The summed E-state index contributed by atoms with van der Waals surface area (Å²) >= 11 is 6.14. The van der Waals surface area contributed by atoms with Crippen LogP contribution >= 0.6 is 11.6 Å². The van der Waals surface area contributed by atoms with E-state index in [4.69, 9.17) is 16.3 Å². The molecule has 1 aromatic heterocycles. The molecule has 3 fully saturated rings. The number of hydrogen-bond donors (Lipinski definition) is 1. The number of nitrogens with one attached hydrogen (secondary N) is 1. The van der Waals surface area contributed by atoms with E-state index in [-0.39, 0.29) is 11.9 Å². The van der Waals surface area contributed by atoms with Crippen LogP contribution in [0.4, 0.5) is 10.5 Å². The van der Waals surface area contributed by atoms with E-state index in [0.29, 0.717) is 24.5 Å². The number of anilines is 1. The van der Waals surface area contributed by atoms with Crippen LogP contribution < -0.4 is 10.2 Å². The molecule has 200 valence electrons. The number of carbonyl (C=O) groups is 2. The lowest BCUT2D eigenvalue weighted by molar-refractivity contribution is -0.132. The van der Waals surface area contributed by atoms with Gasteiger partial charge in [0.25, 0.3) is 0 Å². The molecule has 0 saturated carbocycles. The van der Waals surface area contributed by atoms with E-state index < -0.39 is 6.04 Å². The van der Waals surface area contributed by atoms with Crippen LogP contribution in [0.25, 0.3) is 10.9 Å². The van der Waals surface area contributed by atoms with Crippen LogP contribution in [0.15, 0.2) is 30.5 Å². The number of ether oxygens (including phenoxy) is 1. The molecule has 3 aliphatic rings. The molecule has 3 amide bonds. The van der Waals surface area contributed by atoms with E-state index in [2.05, 4.69) is 20.1 Å². The number of amides is 3. The fourth-order valence-corrected chi connectivity index (χ4v) is 5.71. The van der Waals surface area contributed by atoms with E-state index in [0.717, 1.165) is 94.9 Å². The third-order valence-corrected chi connectivity index (χ3v) is 7.91. The topological polar surface area (TPSA) is 81.2 Å². The Morgan fingerprint density at radius 3 is 2.65 bits per heavy atom. The van der Waals surface area contributed by atoms with Crippen LogP contribution in [0, 0.1) is 0 Å². The average Bonchev–Trinajstić information content (AvgIpc) is 3.10. The second-order valence-electron chi connectivity index (χ2n) is 10.1. The summed E-state index contributed by atoms with van der Waals surface area (Å²) in [5.74, 6) is 0.0633. The van der Waals surface area contributed by atoms with Crippen LogP contribution in [-0.2, 0) is 9.53 Å². The van der Waals surface area contributed by atoms with Gasteiger partial charge in [-0.2, -0.15) is 0 Å². The monoisotopic (exact) mass is 528 g/mol. The highest BCUT2D eigenvalue weighted by atomic mass is 35.5. The SMILES string of the molecule is O=C(N[C@H]1CCCCN(CCCN2CCOCC2)C1=O)N1CCN(c2ccnc3cc(Cl)ccc23)CC1. The van der Waals surface area contributed by atoms with Gasteiger partial charge in [0, 0.05) is 81.2 Å². The number of urea groups is 1. The maximum Gasteiger partial charge on any atom is 0.318 e. The number of carbonyl (C=O) groups excluding carboxylic acids is 2. The van der Waals surface area contributed by atoms with Crippen molar-refractivity contribution < 1.29 is 14.3 Å².